The number of rotatable bonds is 16. The summed E-state index contributed by atoms with van der Waals surface area (Å²) in [6.07, 6.45) is 0.731. The highest BCUT2D eigenvalue weighted by Gasteiger charge is 2.26. The van der Waals surface area contributed by atoms with Gasteiger partial charge in [0.2, 0.25) is 0 Å². The molecule has 3 heterocycles. The van der Waals surface area contributed by atoms with Crippen molar-refractivity contribution in [2.45, 2.75) is 97.9 Å². The Balaban J connectivity index is 1.36. The van der Waals surface area contributed by atoms with Crippen molar-refractivity contribution in [3.05, 3.63) is 89.0 Å². The van der Waals surface area contributed by atoms with Crippen LogP contribution in [0.25, 0.3) is 33.5 Å². The Labute approximate surface area is 298 Å². The van der Waals surface area contributed by atoms with Crippen LogP contribution in [-0.4, -0.2) is 48.7 Å². The van der Waals surface area contributed by atoms with Crippen molar-refractivity contribution >= 4 is 27.1 Å². The van der Waals surface area contributed by atoms with Crippen molar-refractivity contribution in [1.82, 2.24) is 24.6 Å². The molecule has 0 spiro atoms. The molecule has 1 aliphatic rings. The van der Waals surface area contributed by atoms with Crippen molar-refractivity contribution in [3.8, 4) is 28.4 Å². The molecule has 0 aliphatic carbocycles. The van der Waals surface area contributed by atoms with E-state index in [1.807, 2.05) is 41.1 Å². The molecule has 50 heavy (non-hydrogen) atoms. The Kier molecular flexibility index (Phi) is 11.1. The first-order valence-electron chi connectivity index (χ1n) is 17.8. The molecule has 11 heteroatoms. The van der Waals surface area contributed by atoms with E-state index in [9.17, 15) is 0 Å². The zero-order chi connectivity index (χ0) is 35.5. The van der Waals surface area contributed by atoms with Crippen LogP contribution < -0.4 is 10.1 Å². The van der Waals surface area contributed by atoms with E-state index in [1.165, 1.54) is 0 Å². The molecule has 0 amide bonds. The highest BCUT2D eigenvalue weighted by molar-refractivity contribution is 6.76. The quantitative estimate of drug-likeness (QED) is 0.0813. The van der Waals surface area contributed by atoms with Crippen molar-refractivity contribution in [1.29, 1.82) is 0 Å². The van der Waals surface area contributed by atoms with E-state index < -0.39 is 16.1 Å². The van der Waals surface area contributed by atoms with Gasteiger partial charge in [-0.2, -0.15) is 5.10 Å². The molecule has 0 radical (unpaired) electrons. The van der Waals surface area contributed by atoms with Crippen molar-refractivity contribution in [3.63, 3.8) is 0 Å². The summed E-state index contributed by atoms with van der Waals surface area (Å²) in [5.41, 5.74) is 7.68. The summed E-state index contributed by atoms with van der Waals surface area (Å²) < 4.78 is 38.2. The van der Waals surface area contributed by atoms with Crippen molar-refractivity contribution < 1.29 is 18.6 Å². The van der Waals surface area contributed by atoms with Gasteiger partial charge in [-0.1, -0.05) is 82.6 Å². The second-order valence-electron chi connectivity index (χ2n) is 15.7. The number of hydrogen-bond donors (Lipinski definition) is 1. The highest BCUT2D eigenvalue weighted by Crippen LogP contribution is 2.36. The van der Waals surface area contributed by atoms with Gasteiger partial charge < -0.3 is 24.1 Å². The number of aryl methyl sites for hydroxylation is 1. The maximum atomic E-state index is 15.6. The second kappa shape index (κ2) is 15.3. The van der Waals surface area contributed by atoms with Gasteiger partial charge in [-0.15, -0.1) is 0 Å². The third kappa shape index (κ3) is 8.63. The number of fused-ring (bicyclic) bond motifs is 2. The van der Waals surface area contributed by atoms with Gasteiger partial charge in [0.15, 0.2) is 17.4 Å². The van der Waals surface area contributed by atoms with Crippen LogP contribution in [0.3, 0.4) is 0 Å². The molecule has 8 nitrogen and oxygen atoms in total. The SMILES string of the molecule is CCc1cc(OCc2ccccc2)c(F)cc1-c1ccc2c(-c3nc4c(n3COCC[Si](C)(C)C)CNC4)nn(COCC[Si](C)(C)C)c2c1. The Morgan fingerprint density at radius 2 is 1.58 bits per heavy atom. The molecule has 1 aliphatic heterocycles. The molecule has 0 unspecified atom stereocenters. The molecule has 0 atom stereocenters. The lowest BCUT2D eigenvalue weighted by Gasteiger charge is -2.16. The van der Waals surface area contributed by atoms with E-state index >= 15 is 4.39 Å². The van der Waals surface area contributed by atoms with Crippen LogP contribution >= 0.6 is 0 Å². The van der Waals surface area contributed by atoms with Crippen LogP contribution in [0.2, 0.25) is 51.4 Å². The van der Waals surface area contributed by atoms with Gasteiger partial charge >= 0.3 is 0 Å². The minimum atomic E-state index is -1.26. The largest absolute Gasteiger partial charge is 0.486 e. The smallest absolute Gasteiger partial charge is 0.165 e. The number of aromatic nitrogens is 4. The lowest BCUT2D eigenvalue weighted by atomic mass is 9.96. The topological polar surface area (TPSA) is 75.4 Å². The molecule has 266 valence electrons. The van der Waals surface area contributed by atoms with Gasteiger partial charge in [-0.25, -0.2) is 14.1 Å². The molecule has 6 rings (SSSR count). The zero-order valence-corrected chi connectivity index (χ0v) is 32.7. The Morgan fingerprint density at radius 3 is 2.28 bits per heavy atom. The van der Waals surface area contributed by atoms with E-state index in [1.54, 1.807) is 6.07 Å². The second-order valence-corrected chi connectivity index (χ2v) is 26.9. The number of halogens is 1. The Morgan fingerprint density at radius 1 is 0.860 bits per heavy atom. The fourth-order valence-electron chi connectivity index (χ4n) is 6.17. The standard InChI is InChI=1S/C39H52FN5O3Si2/c1-8-29-21-37(48-25-28-12-10-9-11-13-28)33(40)22-32(29)30-14-15-31-35(20-30)45(27-47-17-19-50(5,6)7)43-38(31)39-42-34-23-41-24-36(34)44(39)26-46-16-18-49(2,3)4/h9-15,20-22,41H,8,16-19,23-27H2,1-7H3. The Hall–Kier alpha value is -3.62. The predicted octanol–water partition coefficient (Wildman–Crippen LogP) is 9.08. The molecular weight excluding hydrogens is 662 g/mol. The molecule has 0 saturated carbocycles. The molecule has 0 bridgehead atoms. The van der Waals surface area contributed by atoms with E-state index in [4.69, 9.17) is 24.3 Å². The number of nitrogens with zero attached hydrogens (tertiary/aromatic N) is 4. The maximum Gasteiger partial charge on any atom is 0.165 e. The van der Waals surface area contributed by atoms with Crippen LogP contribution in [0.15, 0.2) is 60.7 Å². The van der Waals surface area contributed by atoms with Gasteiger partial charge in [0.25, 0.3) is 0 Å². The minimum absolute atomic E-state index is 0.264. The van der Waals surface area contributed by atoms with Gasteiger partial charge in [-0.05, 0) is 65.0 Å². The first-order valence-corrected chi connectivity index (χ1v) is 25.3. The first kappa shape index (κ1) is 36.2. The number of hydrogen-bond acceptors (Lipinski definition) is 6. The minimum Gasteiger partial charge on any atom is -0.486 e. The molecule has 5 aromatic rings. The summed E-state index contributed by atoms with van der Waals surface area (Å²) in [5.74, 6) is 0.694. The number of nitrogens with one attached hydrogen (secondary N) is 1. The molecular formula is C39H52FN5O3Si2. The van der Waals surface area contributed by atoms with Crippen molar-refractivity contribution in [2.75, 3.05) is 13.2 Å². The van der Waals surface area contributed by atoms with Crippen LogP contribution in [0.5, 0.6) is 5.75 Å². The summed E-state index contributed by atoms with van der Waals surface area (Å²) in [5, 5.41) is 9.57. The Bertz CT molecular complexity index is 1930. The molecule has 0 fully saturated rings. The zero-order valence-electron chi connectivity index (χ0n) is 30.7. The van der Waals surface area contributed by atoms with Gasteiger partial charge in [0.1, 0.15) is 25.8 Å². The summed E-state index contributed by atoms with van der Waals surface area (Å²) in [6, 6.07) is 21.7. The monoisotopic (exact) mass is 713 g/mol. The van der Waals surface area contributed by atoms with Crippen LogP contribution in [0, 0.1) is 5.82 Å². The van der Waals surface area contributed by atoms with E-state index in [0.29, 0.717) is 26.7 Å². The molecule has 0 saturated heterocycles. The lowest BCUT2D eigenvalue weighted by molar-refractivity contribution is 0.0815. The summed E-state index contributed by atoms with van der Waals surface area (Å²) >= 11 is 0. The number of benzene rings is 3. The summed E-state index contributed by atoms with van der Waals surface area (Å²) in [7, 11) is -2.49. The van der Waals surface area contributed by atoms with Crippen molar-refractivity contribution in [2.24, 2.45) is 0 Å². The average Bonchev–Trinajstić information content (AvgIpc) is 3.77. The van der Waals surface area contributed by atoms with Crippen LogP contribution in [0.1, 0.15) is 29.4 Å². The predicted molar refractivity (Wildman–Crippen MR) is 205 cm³/mol. The summed E-state index contributed by atoms with van der Waals surface area (Å²) in [4.78, 5) is 5.10. The van der Waals surface area contributed by atoms with E-state index in [2.05, 4.69) is 74.3 Å². The third-order valence-corrected chi connectivity index (χ3v) is 12.6. The fraction of sp³-hybridized carbons (Fsp3) is 0.436. The number of imidazole rings is 1. The fourth-order valence-corrected chi connectivity index (χ4v) is 7.68. The third-order valence-electron chi connectivity index (χ3n) is 9.22. The van der Waals surface area contributed by atoms with Gasteiger partial charge in [-0.3, -0.25) is 0 Å². The van der Waals surface area contributed by atoms with E-state index in [-0.39, 0.29) is 11.6 Å². The maximum absolute atomic E-state index is 15.6. The van der Waals surface area contributed by atoms with Crippen LogP contribution in [0.4, 0.5) is 4.39 Å². The van der Waals surface area contributed by atoms with Gasteiger partial charge in [0, 0.05) is 47.8 Å². The van der Waals surface area contributed by atoms with Gasteiger partial charge in [0.05, 0.1) is 16.9 Å². The lowest BCUT2D eigenvalue weighted by Crippen LogP contribution is -2.22. The highest BCUT2D eigenvalue weighted by atomic mass is 28.3. The average molecular weight is 714 g/mol. The number of ether oxygens (including phenoxy) is 3. The summed E-state index contributed by atoms with van der Waals surface area (Å²) in [6.45, 7) is 20.2. The first-order chi connectivity index (χ1) is 23.9. The molecule has 3 aromatic carbocycles. The van der Waals surface area contributed by atoms with E-state index in [0.717, 1.165) is 94.3 Å². The van der Waals surface area contributed by atoms with Crippen LogP contribution in [-0.2, 0) is 49.1 Å². The molecule has 1 N–H and O–H groups in total. The normalized spacial score (nSPS) is 13.4. The molecule has 2 aromatic heterocycles.